The molecule has 0 saturated heterocycles. The van der Waals surface area contributed by atoms with Crippen molar-refractivity contribution in [2.24, 2.45) is 0 Å². The molecule has 0 spiro atoms. The minimum absolute atomic E-state index is 0.366. The van der Waals surface area contributed by atoms with E-state index >= 15 is 0 Å². The van der Waals surface area contributed by atoms with E-state index in [2.05, 4.69) is 31.2 Å². The SMILES string of the molecule is COC1CCC(Nc2nc(Br)cn3ccnc23)C1. The Morgan fingerprint density at radius 2 is 2.39 bits per heavy atom. The number of halogens is 1. The maximum atomic E-state index is 5.38. The average Bonchev–Trinajstić information content (AvgIpc) is 2.97. The Morgan fingerprint density at radius 3 is 3.17 bits per heavy atom. The smallest absolute Gasteiger partial charge is 0.180 e. The number of hydrogen-bond donors (Lipinski definition) is 1. The van der Waals surface area contributed by atoms with Crippen LogP contribution in [0.3, 0.4) is 0 Å². The Hall–Kier alpha value is -1.14. The Labute approximate surface area is 114 Å². The molecule has 96 valence electrons. The van der Waals surface area contributed by atoms with Gasteiger partial charge in [-0.2, -0.15) is 0 Å². The van der Waals surface area contributed by atoms with Gasteiger partial charge in [-0.3, -0.25) is 0 Å². The average molecular weight is 311 g/mol. The van der Waals surface area contributed by atoms with Gasteiger partial charge in [-0.25, -0.2) is 9.97 Å². The van der Waals surface area contributed by atoms with Crippen molar-refractivity contribution in [3.8, 4) is 0 Å². The van der Waals surface area contributed by atoms with Gasteiger partial charge in [-0.05, 0) is 35.2 Å². The zero-order chi connectivity index (χ0) is 12.5. The van der Waals surface area contributed by atoms with E-state index in [4.69, 9.17) is 4.74 Å². The summed E-state index contributed by atoms with van der Waals surface area (Å²) in [5.41, 5.74) is 0.860. The second kappa shape index (κ2) is 4.85. The van der Waals surface area contributed by atoms with E-state index in [1.807, 2.05) is 16.8 Å². The number of methoxy groups -OCH3 is 1. The molecule has 1 aliphatic carbocycles. The molecule has 3 rings (SSSR count). The summed E-state index contributed by atoms with van der Waals surface area (Å²) < 4.78 is 8.15. The van der Waals surface area contributed by atoms with Crippen LogP contribution in [0.2, 0.25) is 0 Å². The quantitative estimate of drug-likeness (QED) is 0.946. The molecule has 2 atom stereocenters. The third-order valence-corrected chi connectivity index (χ3v) is 3.79. The lowest BCUT2D eigenvalue weighted by molar-refractivity contribution is 0.108. The number of anilines is 1. The molecular weight excluding hydrogens is 296 g/mol. The molecule has 0 aliphatic heterocycles. The van der Waals surface area contributed by atoms with Gasteiger partial charge in [0.2, 0.25) is 0 Å². The van der Waals surface area contributed by atoms with E-state index in [0.717, 1.165) is 35.3 Å². The summed E-state index contributed by atoms with van der Waals surface area (Å²) in [6, 6.07) is 0.414. The lowest BCUT2D eigenvalue weighted by Crippen LogP contribution is -2.18. The van der Waals surface area contributed by atoms with Crippen LogP contribution in [0.15, 0.2) is 23.2 Å². The van der Waals surface area contributed by atoms with Gasteiger partial charge in [0, 0.05) is 31.7 Å². The van der Waals surface area contributed by atoms with Crippen LogP contribution in [0.5, 0.6) is 0 Å². The van der Waals surface area contributed by atoms with Gasteiger partial charge < -0.3 is 14.5 Å². The lowest BCUT2D eigenvalue weighted by Gasteiger charge is -2.14. The first-order valence-electron chi connectivity index (χ1n) is 6.05. The van der Waals surface area contributed by atoms with Crippen molar-refractivity contribution in [2.75, 3.05) is 12.4 Å². The standard InChI is InChI=1S/C12H15BrN4O/c1-18-9-3-2-8(6-9)15-11-12-14-4-5-17(12)7-10(13)16-11/h4-5,7-9H,2-3,6H2,1H3,(H,15,16). The molecule has 18 heavy (non-hydrogen) atoms. The first-order valence-corrected chi connectivity index (χ1v) is 6.84. The van der Waals surface area contributed by atoms with Crippen molar-refractivity contribution < 1.29 is 4.74 Å². The van der Waals surface area contributed by atoms with Crippen LogP contribution in [0.25, 0.3) is 5.65 Å². The molecule has 2 heterocycles. The van der Waals surface area contributed by atoms with Crippen LogP contribution < -0.4 is 5.32 Å². The second-order valence-electron chi connectivity index (χ2n) is 4.58. The fraction of sp³-hybridized carbons (Fsp3) is 0.500. The van der Waals surface area contributed by atoms with Crippen LogP contribution in [-0.4, -0.2) is 33.6 Å². The normalized spacial score (nSPS) is 23.7. The van der Waals surface area contributed by atoms with E-state index in [0.29, 0.717) is 12.1 Å². The Bertz CT molecular complexity index is 556. The molecule has 2 aromatic heterocycles. The van der Waals surface area contributed by atoms with Crippen LogP contribution in [0.4, 0.5) is 5.82 Å². The first-order chi connectivity index (χ1) is 8.76. The maximum absolute atomic E-state index is 5.38. The number of ether oxygens (including phenoxy) is 1. The van der Waals surface area contributed by atoms with Crippen LogP contribution in [0.1, 0.15) is 19.3 Å². The number of fused-ring (bicyclic) bond motifs is 1. The fourth-order valence-corrected chi connectivity index (χ4v) is 2.87. The summed E-state index contributed by atoms with van der Waals surface area (Å²) in [4.78, 5) is 8.80. The molecule has 5 nitrogen and oxygen atoms in total. The van der Waals surface area contributed by atoms with Gasteiger partial charge in [0.15, 0.2) is 11.5 Å². The highest BCUT2D eigenvalue weighted by Crippen LogP contribution is 2.26. The highest BCUT2D eigenvalue weighted by molar-refractivity contribution is 9.10. The van der Waals surface area contributed by atoms with Crippen LogP contribution in [0, 0.1) is 0 Å². The van der Waals surface area contributed by atoms with Gasteiger partial charge in [-0.15, -0.1) is 0 Å². The summed E-state index contributed by atoms with van der Waals surface area (Å²) in [6.07, 6.45) is 9.20. The molecule has 2 unspecified atom stereocenters. The summed E-state index contributed by atoms with van der Waals surface area (Å²) >= 11 is 3.42. The molecule has 0 radical (unpaired) electrons. The third kappa shape index (κ3) is 2.22. The zero-order valence-corrected chi connectivity index (χ0v) is 11.7. The Kier molecular flexibility index (Phi) is 3.22. The number of nitrogens with one attached hydrogen (secondary N) is 1. The first kappa shape index (κ1) is 11.9. The monoisotopic (exact) mass is 310 g/mol. The fourth-order valence-electron chi connectivity index (χ4n) is 2.48. The predicted octanol–water partition coefficient (Wildman–Crippen LogP) is 2.47. The Morgan fingerprint density at radius 1 is 1.50 bits per heavy atom. The highest BCUT2D eigenvalue weighted by Gasteiger charge is 2.25. The summed E-state index contributed by atoms with van der Waals surface area (Å²) in [7, 11) is 1.78. The topological polar surface area (TPSA) is 51.5 Å². The molecule has 1 N–H and O–H groups in total. The summed E-state index contributed by atoms with van der Waals surface area (Å²) in [6.45, 7) is 0. The summed E-state index contributed by atoms with van der Waals surface area (Å²) in [5, 5.41) is 3.47. The predicted molar refractivity (Wildman–Crippen MR) is 72.7 cm³/mol. The van der Waals surface area contributed by atoms with Gasteiger partial charge >= 0.3 is 0 Å². The van der Waals surface area contributed by atoms with E-state index in [1.165, 1.54) is 0 Å². The highest BCUT2D eigenvalue weighted by atomic mass is 79.9. The van der Waals surface area contributed by atoms with Crippen molar-refractivity contribution in [1.29, 1.82) is 0 Å². The zero-order valence-electron chi connectivity index (χ0n) is 10.1. The molecule has 6 heteroatoms. The molecule has 0 amide bonds. The molecule has 2 aromatic rings. The van der Waals surface area contributed by atoms with Gasteiger partial charge in [-0.1, -0.05) is 0 Å². The summed E-state index contributed by atoms with van der Waals surface area (Å²) in [5.74, 6) is 0.830. The van der Waals surface area contributed by atoms with E-state index in [9.17, 15) is 0 Å². The van der Waals surface area contributed by atoms with Crippen molar-refractivity contribution in [2.45, 2.75) is 31.4 Å². The van der Waals surface area contributed by atoms with Crippen molar-refractivity contribution >= 4 is 27.4 Å². The number of imidazole rings is 1. The molecule has 0 bridgehead atoms. The van der Waals surface area contributed by atoms with E-state index < -0.39 is 0 Å². The maximum Gasteiger partial charge on any atom is 0.180 e. The van der Waals surface area contributed by atoms with Crippen molar-refractivity contribution in [3.63, 3.8) is 0 Å². The third-order valence-electron chi connectivity index (χ3n) is 3.40. The number of hydrogen-bond acceptors (Lipinski definition) is 4. The molecule has 1 aliphatic rings. The second-order valence-corrected chi connectivity index (χ2v) is 5.39. The molecule has 1 fully saturated rings. The minimum atomic E-state index is 0.366. The number of rotatable bonds is 3. The van der Waals surface area contributed by atoms with Gasteiger partial charge in [0.05, 0.1) is 6.10 Å². The molecule has 0 aromatic carbocycles. The van der Waals surface area contributed by atoms with Crippen LogP contribution in [-0.2, 0) is 4.74 Å². The minimum Gasteiger partial charge on any atom is -0.381 e. The Balaban J connectivity index is 1.84. The van der Waals surface area contributed by atoms with Crippen molar-refractivity contribution in [1.82, 2.24) is 14.4 Å². The number of nitrogens with zero attached hydrogens (tertiary/aromatic N) is 3. The molecular formula is C12H15BrN4O. The van der Waals surface area contributed by atoms with Gasteiger partial charge in [0.25, 0.3) is 0 Å². The number of aromatic nitrogens is 3. The largest absolute Gasteiger partial charge is 0.381 e. The van der Waals surface area contributed by atoms with Gasteiger partial charge in [0.1, 0.15) is 4.60 Å². The van der Waals surface area contributed by atoms with E-state index in [-0.39, 0.29) is 0 Å². The lowest BCUT2D eigenvalue weighted by atomic mass is 10.2. The van der Waals surface area contributed by atoms with E-state index in [1.54, 1.807) is 13.3 Å². The molecule has 1 saturated carbocycles. The van der Waals surface area contributed by atoms with Crippen molar-refractivity contribution in [3.05, 3.63) is 23.2 Å². The van der Waals surface area contributed by atoms with Crippen LogP contribution >= 0.6 is 15.9 Å².